The average Bonchev–Trinajstić information content (AvgIpc) is 3.03. The van der Waals surface area contributed by atoms with Crippen LogP contribution >= 0.6 is 0 Å². The number of nitrogens with zero attached hydrogens (tertiary/aromatic N) is 4. The van der Waals surface area contributed by atoms with Crippen LogP contribution in [-0.2, 0) is 11.2 Å². The Morgan fingerprint density at radius 2 is 2.12 bits per heavy atom. The highest BCUT2D eigenvalue weighted by Gasteiger charge is 2.06. The van der Waals surface area contributed by atoms with Crippen LogP contribution in [0.4, 0.5) is 5.69 Å². The second-order valence-corrected chi connectivity index (χ2v) is 5.27. The molecule has 0 aliphatic carbocycles. The summed E-state index contributed by atoms with van der Waals surface area (Å²) in [5.74, 6) is 0.485. The smallest absolute Gasteiger partial charge is 0.270 e. The molecule has 0 unspecified atom stereocenters. The number of aromatic nitrogens is 3. The largest absolute Gasteiger partial charge is 0.352 e. The number of benzene rings is 1. The third kappa shape index (κ3) is 4.05. The van der Waals surface area contributed by atoms with Crippen LogP contribution in [0, 0.1) is 10.1 Å². The second-order valence-electron chi connectivity index (χ2n) is 5.27. The molecule has 25 heavy (non-hydrogen) atoms. The lowest BCUT2D eigenvalue weighted by atomic mass is 10.2. The van der Waals surface area contributed by atoms with Gasteiger partial charge in [-0.15, -0.1) is 10.2 Å². The van der Waals surface area contributed by atoms with Gasteiger partial charge in [0.2, 0.25) is 5.91 Å². The molecule has 1 amide bonds. The summed E-state index contributed by atoms with van der Waals surface area (Å²) in [6.07, 6.45) is 5.30. The van der Waals surface area contributed by atoms with Gasteiger partial charge in [0.25, 0.3) is 5.69 Å². The first kappa shape index (κ1) is 16.3. The molecule has 1 aromatic carbocycles. The monoisotopic (exact) mass is 337 g/mol. The van der Waals surface area contributed by atoms with Gasteiger partial charge in [0, 0.05) is 37.4 Å². The van der Waals surface area contributed by atoms with Gasteiger partial charge in [-0.05, 0) is 23.8 Å². The van der Waals surface area contributed by atoms with E-state index in [1.165, 1.54) is 24.3 Å². The maximum Gasteiger partial charge on any atom is 0.270 e. The minimum absolute atomic E-state index is 0.0127. The van der Waals surface area contributed by atoms with Gasteiger partial charge in [0.1, 0.15) is 5.82 Å². The van der Waals surface area contributed by atoms with Crippen LogP contribution in [0.1, 0.15) is 11.4 Å². The Morgan fingerprint density at radius 3 is 2.96 bits per heavy atom. The fourth-order valence-electron chi connectivity index (χ4n) is 2.33. The van der Waals surface area contributed by atoms with Crippen LogP contribution in [0.25, 0.3) is 11.7 Å². The molecule has 0 aliphatic rings. The number of nitrogens with one attached hydrogen (secondary N) is 1. The number of nitro benzene ring substituents is 1. The molecule has 0 saturated carbocycles. The number of carbonyl (C=O) groups is 1. The molecule has 8 nitrogen and oxygen atoms in total. The third-order valence-electron chi connectivity index (χ3n) is 3.54. The lowest BCUT2D eigenvalue weighted by Gasteiger charge is -2.01. The van der Waals surface area contributed by atoms with Crippen molar-refractivity contribution >= 4 is 23.3 Å². The number of carbonyl (C=O) groups excluding carboxylic acids is 1. The number of amides is 1. The zero-order valence-corrected chi connectivity index (χ0v) is 13.2. The molecule has 0 fully saturated rings. The Balaban J connectivity index is 1.54. The summed E-state index contributed by atoms with van der Waals surface area (Å²) in [6, 6.07) is 11.7. The van der Waals surface area contributed by atoms with Crippen LogP contribution < -0.4 is 5.32 Å². The lowest BCUT2D eigenvalue weighted by Crippen LogP contribution is -2.24. The van der Waals surface area contributed by atoms with Gasteiger partial charge in [0.05, 0.1) is 4.92 Å². The molecule has 3 rings (SSSR count). The zero-order chi connectivity index (χ0) is 17.6. The second kappa shape index (κ2) is 7.35. The summed E-state index contributed by atoms with van der Waals surface area (Å²) in [4.78, 5) is 22.1. The Kier molecular flexibility index (Phi) is 4.79. The van der Waals surface area contributed by atoms with Crippen molar-refractivity contribution < 1.29 is 9.72 Å². The van der Waals surface area contributed by atoms with E-state index in [2.05, 4.69) is 15.5 Å². The molecule has 126 valence electrons. The van der Waals surface area contributed by atoms with Crippen molar-refractivity contribution in [3.63, 3.8) is 0 Å². The van der Waals surface area contributed by atoms with E-state index in [0.717, 1.165) is 11.5 Å². The fourth-order valence-corrected chi connectivity index (χ4v) is 2.33. The number of rotatable bonds is 6. The Hall–Kier alpha value is -3.55. The standard InChI is InChI=1S/C17H15N5O3/c23-17(8-7-13-4-3-5-14(12-13)22(24)25)18-10-9-16-20-19-15-6-1-2-11-21(15)16/h1-8,11-12H,9-10H2,(H,18,23)/b8-7+. The SMILES string of the molecule is O=C(/C=C/c1cccc([N+](=O)[O-])c1)NCCc1nnc2ccccn12. The summed E-state index contributed by atoms with van der Waals surface area (Å²) in [5.41, 5.74) is 1.34. The molecule has 0 radical (unpaired) electrons. The van der Waals surface area contributed by atoms with Crippen LogP contribution in [0.15, 0.2) is 54.7 Å². The summed E-state index contributed by atoms with van der Waals surface area (Å²) < 4.78 is 1.87. The van der Waals surface area contributed by atoms with Crippen molar-refractivity contribution in [1.82, 2.24) is 19.9 Å². The number of hydrogen-bond donors (Lipinski definition) is 1. The summed E-state index contributed by atoms with van der Waals surface area (Å²) >= 11 is 0. The molecule has 3 aromatic rings. The minimum Gasteiger partial charge on any atom is -0.352 e. The van der Waals surface area contributed by atoms with Crippen molar-refractivity contribution in [3.05, 3.63) is 76.2 Å². The highest BCUT2D eigenvalue weighted by Crippen LogP contribution is 2.14. The Morgan fingerprint density at radius 1 is 1.24 bits per heavy atom. The summed E-state index contributed by atoms with van der Waals surface area (Å²) in [5, 5.41) is 21.6. The minimum atomic E-state index is -0.472. The zero-order valence-electron chi connectivity index (χ0n) is 13.2. The van der Waals surface area contributed by atoms with E-state index in [9.17, 15) is 14.9 Å². The first-order valence-electron chi connectivity index (χ1n) is 7.62. The van der Waals surface area contributed by atoms with Crippen LogP contribution in [0.5, 0.6) is 0 Å². The molecular formula is C17H15N5O3. The van der Waals surface area contributed by atoms with E-state index in [0.29, 0.717) is 18.5 Å². The van der Waals surface area contributed by atoms with E-state index < -0.39 is 4.92 Å². The van der Waals surface area contributed by atoms with Crippen molar-refractivity contribution in [1.29, 1.82) is 0 Å². The van der Waals surface area contributed by atoms with E-state index in [1.54, 1.807) is 12.1 Å². The van der Waals surface area contributed by atoms with Gasteiger partial charge in [-0.25, -0.2) is 0 Å². The lowest BCUT2D eigenvalue weighted by molar-refractivity contribution is -0.384. The molecule has 8 heteroatoms. The van der Waals surface area contributed by atoms with E-state index in [4.69, 9.17) is 0 Å². The van der Waals surface area contributed by atoms with Gasteiger partial charge in [0.15, 0.2) is 5.65 Å². The average molecular weight is 337 g/mol. The number of hydrogen-bond acceptors (Lipinski definition) is 5. The third-order valence-corrected chi connectivity index (χ3v) is 3.54. The van der Waals surface area contributed by atoms with E-state index >= 15 is 0 Å². The summed E-state index contributed by atoms with van der Waals surface area (Å²) in [6.45, 7) is 0.411. The molecule has 0 saturated heterocycles. The van der Waals surface area contributed by atoms with E-state index in [-0.39, 0.29) is 11.6 Å². The van der Waals surface area contributed by atoms with Crippen molar-refractivity contribution in [2.24, 2.45) is 0 Å². The molecular weight excluding hydrogens is 322 g/mol. The first-order valence-corrected chi connectivity index (χ1v) is 7.62. The molecule has 0 spiro atoms. The molecule has 0 bridgehead atoms. The Labute approximate surface area is 143 Å². The number of non-ortho nitro benzene ring substituents is 1. The molecule has 0 aliphatic heterocycles. The predicted octanol–water partition coefficient (Wildman–Crippen LogP) is 2.01. The number of nitro groups is 1. The predicted molar refractivity (Wildman–Crippen MR) is 91.8 cm³/mol. The van der Waals surface area contributed by atoms with Crippen LogP contribution in [0.3, 0.4) is 0 Å². The van der Waals surface area contributed by atoms with Gasteiger partial charge >= 0.3 is 0 Å². The number of pyridine rings is 1. The highest BCUT2D eigenvalue weighted by atomic mass is 16.6. The van der Waals surface area contributed by atoms with Gasteiger partial charge in [-0.3, -0.25) is 19.3 Å². The molecule has 1 N–H and O–H groups in total. The molecule has 0 atom stereocenters. The molecule has 2 aromatic heterocycles. The topological polar surface area (TPSA) is 102 Å². The van der Waals surface area contributed by atoms with Crippen molar-refractivity contribution in [3.8, 4) is 0 Å². The maximum atomic E-state index is 11.9. The van der Waals surface area contributed by atoms with Crippen molar-refractivity contribution in [2.45, 2.75) is 6.42 Å². The first-order chi connectivity index (χ1) is 12.1. The van der Waals surface area contributed by atoms with Crippen molar-refractivity contribution in [2.75, 3.05) is 6.54 Å². The quantitative estimate of drug-likeness (QED) is 0.421. The van der Waals surface area contributed by atoms with Gasteiger partial charge in [-0.2, -0.15) is 0 Å². The van der Waals surface area contributed by atoms with Gasteiger partial charge < -0.3 is 5.32 Å². The molecule has 2 heterocycles. The number of fused-ring (bicyclic) bond motifs is 1. The van der Waals surface area contributed by atoms with E-state index in [1.807, 2.05) is 28.8 Å². The van der Waals surface area contributed by atoms with Gasteiger partial charge in [-0.1, -0.05) is 18.2 Å². The highest BCUT2D eigenvalue weighted by molar-refractivity contribution is 5.91. The Bertz CT molecular complexity index is 948. The normalized spacial score (nSPS) is 11.0. The summed E-state index contributed by atoms with van der Waals surface area (Å²) in [7, 11) is 0. The fraction of sp³-hybridized carbons (Fsp3) is 0.118. The maximum absolute atomic E-state index is 11.9. The van der Waals surface area contributed by atoms with Crippen LogP contribution in [-0.4, -0.2) is 32.0 Å². The van der Waals surface area contributed by atoms with Crippen LogP contribution in [0.2, 0.25) is 0 Å².